The molecule has 0 radical (unpaired) electrons. The molecular formula is C15H21NO2. The van der Waals surface area contributed by atoms with Crippen molar-refractivity contribution in [1.29, 1.82) is 0 Å². The van der Waals surface area contributed by atoms with E-state index in [1.54, 1.807) is 6.08 Å². The molecule has 1 aromatic carbocycles. The van der Waals surface area contributed by atoms with Gasteiger partial charge in [-0.1, -0.05) is 36.4 Å². The minimum atomic E-state index is -0.904. The predicted octanol–water partition coefficient (Wildman–Crippen LogP) is 4.08. The van der Waals surface area contributed by atoms with Gasteiger partial charge in [0.05, 0.1) is 6.04 Å². The van der Waals surface area contributed by atoms with Gasteiger partial charge in [-0.15, -0.1) is 6.58 Å². The number of amides is 1. The van der Waals surface area contributed by atoms with E-state index in [-0.39, 0.29) is 6.04 Å². The number of carbonyl (C=O) groups is 1. The number of benzene rings is 1. The number of rotatable bonds is 4. The molecule has 0 heterocycles. The van der Waals surface area contributed by atoms with Crippen LogP contribution in [-0.4, -0.2) is 21.6 Å². The third kappa shape index (κ3) is 3.36. The molecule has 1 unspecified atom stereocenters. The minimum Gasteiger partial charge on any atom is -0.465 e. The average molecular weight is 247 g/mol. The van der Waals surface area contributed by atoms with E-state index in [9.17, 15) is 9.90 Å². The van der Waals surface area contributed by atoms with Gasteiger partial charge in [0.25, 0.3) is 0 Å². The zero-order chi connectivity index (χ0) is 13.8. The largest absolute Gasteiger partial charge is 0.465 e. The van der Waals surface area contributed by atoms with Crippen LogP contribution in [-0.2, 0) is 0 Å². The number of carboxylic acid groups (broad SMARTS) is 1. The first-order valence-electron chi connectivity index (χ1n) is 6.06. The molecule has 18 heavy (non-hydrogen) atoms. The van der Waals surface area contributed by atoms with Crippen molar-refractivity contribution in [3.8, 4) is 0 Å². The van der Waals surface area contributed by atoms with E-state index in [1.165, 1.54) is 4.90 Å². The quantitative estimate of drug-likeness (QED) is 0.814. The third-order valence-corrected chi connectivity index (χ3v) is 2.81. The highest BCUT2D eigenvalue weighted by molar-refractivity contribution is 5.67. The van der Waals surface area contributed by atoms with Crippen LogP contribution in [0, 0.1) is 0 Å². The molecule has 1 atom stereocenters. The van der Waals surface area contributed by atoms with Crippen LogP contribution in [0.4, 0.5) is 4.79 Å². The Morgan fingerprint density at radius 3 is 2.33 bits per heavy atom. The number of hydrogen-bond acceptors (Lipinski definition) is 1. The summed E-state index contributed by atoms with van der Waals surface area (Å²) in [4.78, 5) is 13.0. The van der Waals surface area contributed by atoms with Crippen LogP contribution in [0.3, 0.4) is 0 Å². The molecule has 0 bridgehead atoms. The minimum absolute atomic E-state index is 0.193. The lowest BCUT2D eigenvalue weighted by atomic mass is 9.96. The lowest BCUT2D eigenvalue weighted by molar-refractivity contribution is 0.0704. The zero-order valence-electron chi connectivity index (χ0n) is 11.3. The molecule has 1 aromatic rings. The summed E-state index contributed by atoms with van der Waals surface area (Å²) in [7, 11) is 0. The molecule has 1 rings (SSSR count). The molecule has 0 aromatic heterocycles. The lowest BCUT2D eigenvalue weighted by Crippen LogP contribution is -2.47. The number of hydrogen-bond donors (Lipinski definition) is 1. The van der Waals surface area contributed by atoms with Crippen LogP contribution in [0.25, 0.3) is 0 Å². The molecule has 0 spiro atoms. The second-order valence-electron chi connectivity index (χ2n) is 5.27. The van der Waals surface area contributed by atoms with E-state index >= 15 is 0 Å². The van der Waals surface area contributed by atoms with Crippen LogP contribution >= 0.6 is 0 Å². The Kier molecular flexibility index (Phi) is 4.54. The van der Waals surface area contributed by atoms with E-state index in [4.69, 9.17) is 0 Å². The maximum Gasteiger partial charge on any atom is 0.408 e. The molecule has 0 fully saturated rings. The Balaban J connectivity index is 3.17. The molecule has 3 nitrogen and oxygen atoms in total. The molecule has 1 N–H and O–H groups in total. The van der Waals surface area contributed by atoms with E-state index < -0.39 is 11.6 Å². The summed E-state index contributed by atoms with van der Waals surface area (Å²) in [5.74, 6) is 0. The van der Waals surface area contributed by atoms with Gasteiger partial charge in [0.2, 0.25) is 0 Å². The highest BCUT2D eigenvalue weighted by Crippen LogP contribution is 2.31. The summed E-state index contributed by atoms with van der Waals surface area (Å²) >= 11 is 0. The topological polar surface area (TPSA) is 40.5 Å². The van der Waals surface area contributed by atoms with Gasteiger partial charge in [-0.25, -0.2) is 4.79 Å². The Morgan fingerprint density at radius 1 is 1.39 bits per heavy atom. The molecule has 98 valence electrons. The third-order valence-electron chi connectivity index (χ3n) is 2.81. The normalized spacial score (nSPS) is 12.8. The Bertz CT molecular complexity index is 406. The Morgan fingerprint density at radius 2 is 1.94 bits per heavy atom. The van der Waals surface area contributed by atoms with Crippen LogP contribution in [0.15, 0.2) is 43.0 Å². The molecule has 3 heteroatoms. The summed E-state index contributed by atoms with van der Waals surface area (Å²) in [6, 6.07) is 9.49. The lowest BCUT2D eigenvalue weighted by Gasteiger charge is -2.39. The van der Waals surface area contributed by atoms with Crippen molar-refractivity contribution < 1.29 is 9.90 Å². The first kappa shape index (κ1) is 14.3. The van der Waals surface area contributed by atoms with Gasteiger partial charge in [0.1, 0.15) is 0 Å². The Hall–Kier alpha value is -1.77. The van der Waals surface area contributed by atoms with Gasteiger partial charge in [0, 0.05) is 5.54 Å². The zero-order valence-corrected chi connectivity index (χ0v) is 11.3. The second kappa shape index (κ2) is 5.71. The first-order valence-corrected chi connectivity index (χ1v) is 6.06. The van der Waals surface area contributed by atoms with Gasteiger partial charge in [-0.3, -0.25) is 4.90 Å². The smallest absolute Gasteiger partial charge is 0.408 e. The number of nitrogens with zero attached hydrogens (tertiary/aromatic N) is 1. The van der Waals surface area contributed by atoms with Gasteiger partial charge in [0.15, 0.2) is 0 Å². The predicted molar refractivity (Wildman–Crippen MR) is 73.6 cm³/mol. The van der Waals surface area contributed by atoms with E-state index in [0.717, 1.165) is 5.56 Å². The van der Waals surface area contributed by atoms with Crippen molar-refractivity contribution in [1.82, 2.24) is 4.90 Å². The van der Waals surface area contributed by atoms with Gasteiger partial charge < -0.3 is 5.11 Å². The molecule has 0 aliphatic rings. The maximum absolute atomic E-state index is 11.5. The Labute approximate surface area is 109 Å². The van der Waals surface area contributed by atoms with E-state index in [1.807, 2.05) is 51.1 Å². The fourth-order valence-corrected chi connectivity index (χ4v) is 2.11. The van der Waals surface area contributed by atoms with Crippen LogP contribution < -0.4 is 0 Å². The fourth-order valence-electron chi connectivity index (χ4n) is 2.11. The summed E-state index contributed by atoms with van der Waals surface area (Å²) in [6.07, 6.45) is 1.46. The summed E-state index contributed by atoms with van der Waals surface area (Å²) in [6.45, 7) is 9.44. The van der Waals surface area contributed by atoms with Crippen molar-refractivity contribution >= 4 is 6.09 Å². The summed E-state index contributed by atoms with van der Waals surface area (Å²) < 4.78 is 0. The first-order chi connectivity index (χ1) is 8.38. The highest BCUT2D eigenvalue weighted by Gasteiger charge is 2.33. The second-order valence-corrected chi connectivity index (χ2v) is 5.27. The average Bonchev–Trinajstić information content (AvgIpc) is 2.27. The van der Waals surface area contributed by atoms with Crippen molar-refractivity contribution in [2.45, 2.75) is 38.8 Å². The molecule has 0 aliphatic carbocycles. The molecule has 1 amide bonds. The SMILES string of the molecule is C=CCC(c1ccccc1)N(C(=O)O)C(C)(C)C. The van der Waals surface area contributed by atoms with Gasteiger partial charge >= 0.3 is 6.09 Å². The molecule has 0 aliphatic heterocycles. The van der Waals surface area contributed by atoms with Crippen molar-refractivity contribution in [3.05, 3.63) is 48.6 Å². The van der Waals surface area contributed by atoms with Crippen molar-refractivity contribution in [2.24, 2.45) is 0 Å². The fraction of sp³-hybridized carbons (Fsp3) is 0.400. The van der Waals surface area contributed by atoms with Crippen molar-refractivity contribution in [2.75, 3.05) is 0 Å². The molecule has 0 saturated heterocycles. The van der Waals surface area contributed by atoms with Crippen molar-refractivity contribution in [3.63, 3.8) is 0 Å². The van der Waals surface area contributed by atoms with Crippen LogP contribution in [0.2, 0.25) is 0 Å². The van der Waals surface area contributed by atoms with E-state index in [2.05, 4.69) is 6.58 Å². The maximum atomic E-state index is 11.5. The van der Waals surface area contributed by atoms with E-state index in [0.29, 0.717) is 6.42 Å². The van der Waals surface area contributed by atoms with Crippen LogP contribution in [0.1, 0.15) is 38.8 Å². The highest BCUT2D eigenvalue weighted by atomic mass is 16.4. The summed E-state index contributed by atoms with van der Waals surface area (Å²) in [5, 5.41) is 9.46. The standard InChI is InChI=1S/C15H21NO2/c1-5-9-13(12-10-7-6-8-11-12)16(14(17)18)15(2,3)4/h5-8,10-11,13H,1,9H2,2-4H3,(H,17,18). The summed E-state index contributed by atoms with van der Waals surface area (Å²) in [5.41, 5.74) is 0.546. The van der Waals surface area contributed by atoms with Gasteiger partial charge in [-0.05, 0) is 32.8 Å². The molecule has 0 saturated carbocycles. The monoisotopic (exact) mass is 247 g/mol. The van der Waals surface area contributed by atoms with Gasteiger partial charge in [-0.2, -0.15) is 0 Å². The van der Waals surface area contributed by atoms with Crippen LogP contribution in [0.5, 0.6) is 0 Å². The molecular weight excluding hydrogens is 226 g/mol.